The van der Waals surface area contributed by atoms with Crippen LogP contribution in [0.4, 0.5) is 0 Å². The second-order valence-corrected chi connectivity index (χ2v) is 8.33. The van der Waals surface area contributed by atoms with Crippen LogP contribution in [0.2, 0.25) is 0 Å². The minimum absolute atomic E-state index is 0.0429. The molecule has 7 heteroatoms. The minimum atomic E-state index is 0.0429. The molecular formula is C24H26N4O2S. The Labute approximate surface area is 185 Å². The average molecular weight is 435 g/mol. The third-order valence-corrected chi connectivity index (χ3v) is 6.42. The number of para-hydroxylation sites is 1. The van der Waals surface area contributed by atoms with Gasteiger partial charge in [-0.05, 0) is 42.2 Å². The molecule has 1 N–H and O–H groups in total. The molecule has 0 saturated carbocycles. The van der Waals surface area contributed by atoms with E-state index in [1.54, 1.807) is 6.07 Å². The number of aromatic nitrogens is 4. The highest BCUT2D eigenvalue weighted by Crippen LogP contribution is 2.23. The molecular weight excluding hydrogens is 408 g/mol. The summed E-state index contributed by atoms with van der Waals surface area (Å²) in [6.07, 6.45) is 1.83. The molecule has 0 spiro atoms. The van der Waals surface area contributed by atoms with Gasteiger partial charge in [0.05, 0.1) is 0 Å². The van der Waals surface area contributed by atoms with E-state index < -0.39 is 0 Å². The van der Waals surface area contributed by atoms with Gasteiger partial charge in [0.25, 0.3) is 0 Å². The molecule has 4 rings (SSSR count). The van der Waals surface area contributed by atoms with Crippen molar-refractivity contribution < 1.29 is 4.74 Å². The van der Waals surface area contributed by atoms with Gasteiger partial charge in [0.2, 0.25) is 0 Å². The largest absolute Gasteiger partial charge is 0.485 e. The summed E-state index contributed by atoms with van der Waals surface area (Å²) >= 11 is 1.54. The summed E-state index contributed by atoms with van der Waals surface area (Å²) in [6, 6.07) is 15.7. The molecule has 6 nitrogen and oxygen atoms in total. The van der Waals surface area contributed by atoms with Crippen molar-refractivity contribution in [3.8, 4) is 5.75 Å². The van der Waals surface area contributed by atoms with Gasteiger partial charge in [-0.2, -0.15) is 0 Å². The first-order chi connectivity index (χ1) is 15.1. The number of nitrogens with one attached hydrogen (secondary N) is 1. The molecule has 0 atom stereocenters. The lowest BCUT2D eigenvalue weighted by Gasteiger charge is -2.10. The highest BCUT2D eigenvalue weighted by atomic mass is 32.2. The van der Waals surface area contributed by atoms with Crippen molar-refractivity contribution in [1.29, 1.82) is 0 Å². The van der Waals surface area contributed by atoms with E-state index in [1.807, 2.05) is 41.9 Å². The van der Waals surface area contributed by atoms with Crippen molar-refractivity contribution in [3.63, 3.8) is 0 Å². The zero-order valence-corrected chi connectivity index (χ0v) is 18.8. The quantitative estimate of drug-likeness (QED) is 0.409. The van der Waals surface area contributed by atoms with E-state index in [4.69, 9.17) is 4.74 Å². The summed E-state index contributed by atoms with van der Waals surface area (Å²) in [4.78, 5) is 15.9. The lowest BCUT2D eigenvalue weighted by molar-refractivity contribution is 0.287. The summed E-state index contributed by atoms with van der Waals surface area (Å²) < 4.78 is 7.91. The van der Waals surface area contributed by atoms with Crippen LogP contribution >= 0.6 is 11.8 Å². The summed E-state index contributed by atoms with van der Waals surface area (Å²) in [6.45, 7) is 4.55. The van der Waals surface area contributed by atoms with E-state index in [9.17, 15) is 4.79 Å². The second-order valence-electron chi connectivity index (χ2n) is 7.39. The number of nitrogens with zero attached hydrogens (tertiary/aromatic N) is 3. The zero-order valence-electron chi connectivity index (χ0n) is 18.0. The van der Waals surface area contributed by atoms with Gasteiger partial charge in [-0.25, -0.2) is 0 Å². The van der Waals surface area contributed by atoms with Gasteiger partial charge in [-0.15, -0.1) is 10.2 Å². The van der Waals surface area contributed by atoms with E-state index in [0.29, 0.717) is 12.4 Å². The Kier molecular flexibility index (Phi) is 6.42. The molecule has 2 aromatic heterocycles. The predicted octanol–water partition coefficient (Wildman–Crippen LogP) is 4.65. The van der Waals surface area contributed by atoms with Gasteiger partial charge in [0.15, 0.2) is 16.4 Å². The monoisotopic (exact) mass is 434 g/mol. The van der Waals surface area contributed by atoms with E-state index in [1.165, 1.54) is 17.3 Å². The molecule has 0 amide bonds. The molecule has 0 unspecified atom stereocenters. The van der Waals surface area contributed by atoms with Crippen LogP contribution in [0.15, 0.2) is 58.5 Å². The lowest BCUT2D eigenvalue weighted by atomic mass is 10.1. The van der Waals surface area contributed by atoms with E-state index in [2.05, 4.69) is 41.2 Å². The SMILES string of the molecule is CCc1ccc2[nH]c(CSc3nnc(COc4ccccc4CC)n3C)cc(=O)c2c1. The van der Waals surface area contributed by atoms with Crippen LogP contribution in [-0.4, -0.2) is 19.7 Å². The number of rotatable bonds is 8. The number of pyridine rings is 1. The van der Waals surface area contributed by atoms with E-state index in [0.717, 1.165) is 51.7 Å². The van der Waals surface area contributed by atoms with Gasteiger partial charge in [-0.3, -0.25) is 4.79 Å². The fraction of sp³-hybridized carbons (Fsp3) is 0.292. The number of hydrogen-bond acceptors (Lipinski definition) is 5. The summed E-state index contributed by atoms with van der Waals surface area (Å²) in [7, 11) is 1.93. The Balaban J connectivity index is 1.45. The number of ether oxygens (including phenoxy) is 1. The van der Waals surface area contributed by atoms with Gasteiger partial charge < -0.3 is 14.3 Å². The van der Waals surface area contributed by atoms with Crippen LogP contribution in [0, 0.1) is 0 Å². The smallest absolute Gasteiger partial charge is 0.191 e. The Morgan fingerprint density at radius 3 is 2.71 bits per heavy atom. The summed E-state index contributed by atoms with van der Waals surface area (Å²) in [5.74, 6) is 2.24. The fourth-order valence-corrected chi connectivity index (χ4v) is 4.30. The third kappa shape index (κ3) is 4.66. The first-order valence-electron chi connectivity index (χ1n) is 10.5. The van der Waals surface area contributed by atoms with Crippen LogP contribution in [0.1, 0.15) is 36.5 Å². The van der Waals surface area contributed by atoms with Crippen LogP contribution < -0.4 is 10.2 Å². The first kappa shape index (κ1) is 21.2. The fourth-order valence-electron chi connectivity index (χ4n) is 3.46. The maximum absolute atomic E-state index is 12.5. The van der Waals surface area contributed by atoms with Crippen molar-refractivity contribution in [2.45, 2.75) is 44.2 Å². The molecule has 0 saturated heterocycles. The van der Waals surface area contributed by atoms with Crippen molar-refractivity contribution in [2.24, 2.45) is 7.05 Å². The van der Waals surface area contributed by atoms with Gasteiger partial charge in [0.1, 0.15) is 12.4 Å². The molecule has 2 aromatic carbocycles. The molecule has 4 aromatic rings. The maximum Gasteiger partial charge on any atom is 0.191 e. The normalized spacial score (nSPS) is 11.2. The zero-order chi connectivity index (χ0) is 21.8. The Morgan fingerprint density at radius 2 is 1.90 bits per heavy atom. The first-order valence-corrected chi connectivity index (χ1v) is 11.4. The number of fused-ring (bicyclic) bond motifs is 1. The third-order valence-electron chi connectivity index (χ3n) is 5.35. The van der Waals surface area contributed by atoms with Gasteiger partial charge in [0, 0.05) is 35.5 Å². The maximum atomic E-state index is 12.5. The molecule has 0 fully saturated rings. The number of aromatic amines is 1. The molecule has 0 aliphatic rings. The van der Waals surface area contributed by atoms with Gasteiger partial charge >= 0.3 is 0 Å². The van der Waals surface area contributed by atoms with E-state index in [-0.39, 0.29) is 5.43 Å². The molecule has 2 heterocycles. The van der Waals surface area contributed by atoms with Crippen molar-refractivity contribution in [3.05, 3.63) is 81.4 Å². The highest BCUT2D eigenvalue weighted by Gasteiger charge is 2.12. The predicted molar refractivity (Wildman–Crippen MR) is 125 cm³/mol. The number of benzene rings is 2. The summed E-state index contributed by atoms with van der Waals surface area (Å²) in [5, 5.41) is 10.1. The lowest BCUT2D eigenvalue weighted by Crippen LogP contribution is -2.06. The van der Waals surface area contributed by atoms with Crippen LogP contribution in [0.5, 0.6) is 5.75 Å². The van der Waals surface area contributed by atoms with Crippen molar-refractivity contribution in [1.82, 2.24) is 19.7 Å². The van der Waals surface area contributed by atoms with Crippen molar-refractivity contribution in [2.75, 3.05) is 0 Å². The Hall–Kier alpha value is -3.06. The molecule has 160 valence electrons. The second kappa shape index (κ2) is 9.39. The Bertz CT molecular complexity index is 1260. The molecule has 0 radical (unpaired) electrons. The van der Waals surface area contributed by atoms with Crippen LogP contribution in [0.25, 0.3) is 10.9 Å². The molecule has 0 aliphatic heterocycles. The number of aryl methyl sites for hydroxylation is 2. The Morgan fingerprint density at radius 1 is 1.06 bits per heavy atom. The summed E-state index contributed by atoms with van der Waals surface area (Å²) in [5.41, 5.74) is 4.11. The number of H-pyrrole nitrogens is 1. The standard InChI is InChI=1S/C24H26N4O2S/c1-4-16-10-11-20-19(12-16)21(29)13-18(25-20)15-31-24-27-26-23(28(24)3)14-30-22-9-7-6-8-17(22)5-2/h6-13H,4-5,14-15H2,1-3H3,(H,25,29). The molecule has 0 bridgehead atoms. The van der Waals surface area contributed by atoms with Crippen molar-refractivity contribution >= 4 is 22.7 Å². The van der Waals surface area contributed by atoms with Crippen LogP contribution in [0.3, 0.4) is 0 Å². The average Bonchev–Trinajstić information content (AvgIpc) is 3.15. The van der Waals surface area contributed by atoms with Gasteiger partial charge in [-0.1, -0.05) is 49.9 Å². The minimum Gasteiger partial charge on any atom is -0.485 e. The topological polar surface area (TPSA) is 72.8 Å². The molecule has 0 aliphatic carbocycles. The molecule has 31 heavy (non-hydrogen) atoms. The van der Waals surface area contributed by atoms with Crippen LogP contribution in [-0.2, 0) is 32.2 Å². The van der Waals surface area contributed by atoms with E-state index >= 15 is 0 Å². The number of hydrogen-bond donors (Lipinski definition) is 1. The highest BCUT2D eigenvalue weighted by molar-refractivity contribution is 7.98. The number of thioether (sulfide) groups is 1.